The molecule has 0 bridgehead atoms. The molecule has 1 aliphatic rings. The van der Waals surface area contributed by atoms with Crippen molar-refractivity contribution in [2.75, 3.05) is 19.8 Å². The number of para-hydroxylation sites is 1. The summed E-state index contributed by atoms with van der Waals surface area (Å²) in [7, 11) is 2.11. The first-order valence-electron chi connectivity index (χ1n) is 6.95. The van der Waals surface area contributed by atoms with Gasteiger partial charge in [0, 0.05) is 13.1 Å². The maximum Gasteiger partial charge on any atom is 0.116 e. The number of benzene rings is 1. The van der Waals surface area contributed by atoms with Crippen molar-refractivity contribution in [3.05, 3.63) is 29.6 Å². The Hall–Kier alpha value is -1.39. The second-order valence-corrected chi connectivity index (χ2v) is 5.28. The number of aryl methyl sites for hydroxylation is 2. The summed E-state index contributed by atoms with van der Waals surface area (Å²) in [6, 6.07) is 6.67. The van der Waals surface area contributed by atoms with E-state index in [9.17, 15) is 0 Å². The first-order chi connectivity index (χ1) is 9.22. The van der Waals surface area contributed by atoms with Crippen LogP contribution < -0.4 is 5.32 Å². The zero-order valence-electron chi connectivity index (χ0n) is 11.8. The fourth-order valence-corrected chi connectivity index (χ4v) is 3.09. The van der Waals surface area contributed by atoms with Crippen molar-refractivity contribution in [3.8, 4) is 0 Å². The first kappa shape index (κ1) is 12.6. The molecule has 0 radical (unpaired) electrons. The van der Waals surface area contributed by atoms with Crippen molar-refractivity contribution in [2.45, 2.75) is 25.8 Å². The van der Waals surface area contributed by atoms with Gasteiger partial charge in [-0.15, -0.1) is 0 Å². The minimum atomic E-state index is 0.344. The van der Waals surface area contributed by atoms with Crippen LogP contribution in [0.4, 0.5) is 0 Å². The number of hydrogen-bond acceptors (Lipinski definition) is 3. The van der Waals surface area contributed by atoms with E-state index in [1.54, 1.807) is 0 Å². The van der Waals surface area contributed by atoms with Gasteiger partial charge in [-0.3, -0.25) is 0 Å². The summed E-state index contributed by atoms with van der Waals surface area (Å²) in [5.41, 5.74) is 3.59. The number of rotatable bonds is 3. The third-order valence-corrected chi connectivity index (χ3v) is 4.01. The Balaban J connectivity index is 2.05. The molecule has 2 atom stereocenters. The third-order valence-electron chi connectivity index (χ3n) is 4.01. The van der Waals surface area contributed by atoms with Crippen molar-refractivity contribution in [1.82, 2.24) is 14.9 Å². The second kappa shape index (κ2) is 4.94. The van der Waals surface area contributed by atoms with E-state index in [0.717, 1.165) is 31.1 Å². The standard InChI is InChI=1S/C15H21N3O/c1-4-16-13-9-19-8-11(13)15-17-12-7-5-6-10(2)14(12)18(15)3/h5-7,11,13,16H,4,8-9H2,1-3H3. The Morgan fingerprint density at radius 3 is 3.00 bits per heavy atom. The molecule has 0 aliphatic carbocycles. The van der Waals surface area contributed by atoms with Crippen LogP contribution in [0.3, 0.4) is 0 Å². The lowest BCUT2D eigenvalue weighted by Gasteiger charge is -2.18. The number of imidazole rings is 1. The van der Waals surface area contributed by atoms with Crippen molar-refractivity contribution < 1.29 is 4.74 Å². The Morgan fingerprint density at radius 2 is 2.26 bits per heavy atom. The van der Waals surface area contributed by atoms with Crippen LogP contribution in [0, 0.1) is 6.92 Å². The van der Waals surface area contributed by atoms with E-state index in [1.807, 2.05) is 0 Å². The lowest BCUT2D eigenvalue weighted by atomic mass is 10.0. The molecule has 1 aromatic carbocycles. The smallest absolute Gasteiger partial charge is 0.116 e. The zero-order chi connectivity index (χ0) is 13.4. The van der Waals surface area contributed by atoms with Gasteiger partial charge in [-0.2, -0.15) is 0 Å². The molecule has 3 rings (SSSR count). The van der Waals surface area contributed by atoms with Crippen molar-refractivity contribution in [1.29, 1.82) is 0 Å². The molecule has 1 N–H and O–H groups in total. The predicted molar refractivity (Wildman–Crippen MR) is 76.5 cm³/mol. The molecule has 2 aromatic rings. The van der Waals surface area contributed by atoms with Gasteiger partial charge in [-0.05, 0) is 25.1 Å². The molecule has 4 nitrogen and oxygen atoms in total. The molecule has 0 amide bonds. The number of ether oxygens (including phenoxy) is 1. The maximum atomic E-state index is 5.64. The van der Waals surface area contributed by atoms with Gasteiger partial charge in [0.1, 0.15) is 5.82 Å². The largest absolute Gasteiger partial charge is 0.379 e. The van der Waals surface area contributed by atoms with Gasteiger partial charge >= 0.3 is 0 Å². The number of nitrogens with one attached hydrogen (secondary N) is 1. The van der Waals surface area contributed by atoms with Gasteiger partial charge in [-0.25, -0.2) is 4.98 Å². The minimum Gasteiger partial charge on any atom is -0.379 e. The Labute approximate surface area is 113 Å². The molecule has 1 aromatic heterocycles. The third kappa shape index (κ3) is 2.05. The van der Waals surface area contributed by atoms with Crippen LogP contribution in [0.1, 0.15) is 24.2 Å². The summed E-state index contributed by atoms with van der Waals surface area (Å²) < 4.78 is 7.87. The Morgan fingerprint density at radius 1 is 1.42 bits per heavy atom. The Bertz CT molecular complexity index is 590. The number of fused-ring (bicyclic) bond motifs is 1. The fourth-order valence-electron chi connectivity index (χ4n) is 3.09. The average molecular weight is 259 g/mol. The summed E-state index contributed by atoms with van der Waals surface area (Å²) in [6.07, 6.45) is 0. The highest BCUT2D eigenvalue weighted by molar-refractivity contribution is 5.79. The molecule has 1 aliphatic heterocycles. The highest BCUT2D eigenvalue weighted by Crippen LogP contribution is 2.28. The number of hydrogen-bond donors (Lipinski definition) is 1. The van der Waals surface area contributed by atoms with Crippen molar-refractivity contribution in [3.63, 3.8) is 0 Å². The van der Waals surface area contributed by atoms with Crippen LogP contribution in [-0.2, 0) is 11.8 Å². The topological polar surface area (TPSA) is 39.1 Å². The van der Waals surface area contributed by atoms with E-state index in [0.29, 0.717) is 12.0 Å². The molecule has 2 heterocycles. The quantitative estimate of drug-likeness (QED) is 0.916. The molecular formula is C15H21N3O. The molecule has 102 valence electrons. The van der Waals surface area contributed by atoms with E-state index in [2.05, 4.69) is 49.0 Å². The fraction of sp³-hybridized carbons (Fsp3) is 0.533. The van der Waals surface area contributed by atoms with Crippen molar-refractivity contribution >= 4 is 11.0 Å². The summed E-state index contributed by atoms with van der Waals surface area (Å²) >= 11 is 0. The molecule has 1 fully saturated rings. The van der Waals surface area contributed by atoms with E-state index in [-0.39, 0.29) is 0 Å². The summed E-state index contributed by atoms with van der Waals surface area (Å²) in [5, 5.41) is 3.50. The van der Waals surface area contributed by atoms with E-state index in [1.165, 1.54) is 11.1 Å². The van der Waals surface area contributed by atoms with Crippen LogP contribution in [0.25, 0.3) is 11.0 Å². The number of likely N-dealkylation sites (N-methyl/N-ethyl adjacent to an activating group) is 1. The van der Waals surface area contributed by atoms with Gasteiger partial charge in [0.25, 0.3) is 0 Å². The van der Waals surface area contributed by atoms with Crippen LogP contribution in [0.15, 0.2) is 18.2 Å². The zero-order valence-corrected chi connectivity index (χ0v) is 11.8. The van der Waals surface area contributed by atoms with Crippen LogP contribution in [0.2, 0.25) is 0 Å². The molecule has 4 heteroatoms. The van der Waals surface area contributed by atoms with Gasteiger partial charge in [0.2, 0.25) is 0 Å². The molecule has 2 unspecified atom stereocenters. The monoisotopic (exact) mass is 259 g/mol. The van der Waals surface area contributed by atoms with Crippen LogP contribution in [0.5, 0.6) is 0 Å². The summed E-state index contributed by atoms with van der Waals surface area (Å²) in [4.78, 5) is 4.83. The maximum absolute atomic E-state index is 5.64. The normalized spacial score (nSPS) is 23.3. The van der Waals surface area contributed by atoms with Gasteiger partial charge < -0.3 is 14.6 Å². The lowest BCUT2D eigenvalue weighted by Crippen LogP contribution is -2.35. The molecular weight excluding hydrogens is 238 g/mol. The van der Waals surface area contributed by atoms with Gasteiger partial charge in [0.15, 0.2) is 0 Å². The minimum absolute atomic E-state index is 0.344. The van der Waals surface area contributed by atoms with E-state index in [4.69, 9.17) is 9.72 Å². The number of aromatic nitrogens is 2. The predicted octanol–water partition coefficient (Wildman–Crippen LogP) is 1.97. The molecule has 0 spiro atoms. The van der Waals surface area contributed by atoms with Crippen molar-refractivity contribution in [2.24, 2.45) is 7.05 Å². The van der Waals surface area contributed by atoms with E-state index >= 15 is 0 Å². The molecule has 1 saturated heterocycles. The van der Waals surface area contributed by atoms with Crippen LogP contribution in [-0.4, -0.2) is 35.4 Å². The summed E-state index contributed by atoms with van der Waals surface area (Å²) in [5.74, 6) is 1.48. The first-order valence-corrected chi connectivity index (χ1v) is 6.95. The van der Waals surface area contributed by atoms with Crippen LogP contribution >= 0.6 is 0 Å². The van der Waals surface area contributed by atoms with Gasteiger partial charge in [-0.1, -0.05) is 19.1 Å². The van der Waals surface area contributed by atoms with E-state index < -0.39 is 0 Å². The SMILES string of the molecule is CCNC1COCC1c1nc2cccc(C)c2n1C. The van der Waals surface area contributed by atoms with Gasteiger partial charge in [0.05, 0.1) is 30.2 Å². The number of nitrogens with zero attached hydrogens (tertiary/aromatic N) is 2. The highest BCUT2D eigenvalue weighted by Gasteiger charge is 2.32. The molecule has 0 saturated carbocycles. The lowest BCUT2D eigenvalue weighted by molar-refractivity contribution is 0.187. The average Bonchev–Trinajstić information content (AvgIpc) is 2.96. The molecule has 19 heavy (non-hydrogen) atoms. The summed E-state index contributed by atoms with van der Waals surface area (Å²) in [6.45, 7) is 6.78. The highest BCUT2D eigenvalue weighted by atomic mass is 16.5. The second-order valence-electron chi connectivity index (χ2n) is 5.28. The Kier molecular flexibility index (Phi) is 3.29.